The largest absolute Gasteiger partial charge is 2.00 e. The molecule has 0 saturated heterocycles. The zero-order chi connectivity index (χ0) is 13.8. The van der Waals surface area contributed by atoms with Gasteiger partial charge in [-0.2, -0.15) is 24.3 Å². The summed E-state index contributed by atoms with van der Waals surface area (Å²) in [5.41, 5.74) is 1.43. The number of hydrogen-bond donors (Lipinski definition) is 0. The van der Waals surface area contributed by atoms with E-state index in [0.29, 0.717) is 11.1 Å². The first kappa shape index (κ1) is 20.0. The molecule has 106 valence electrons. The van der Waals surface area contributed by atoms with Gasteiger partial charge in [0.15, 0.2) is 7.59 Å². The summed E-state index contributed by atoms with van der Waals surface area (Å²) in [5, 5.41) is 0. The van der Waals surface area contributed by atoms with Crippen LogP contribution in [0.3, 0.4) is 0 Å². The molecule has 0 aliphatic rings. The Labute approximate surface area is 153 Å². The molecule has 2 rings (SSSR count). The first-order valence-electron chi connectivity index (χ1n) is 4.79. The molecule has 0 unspecified atom stereocenters. The van der Waals surface area contributed by atoms with Gasteiger partial charge in [-0.15, -0.1) is 11.1 Å². The molecule has 0 fully saturated rings. The van der Waals surface area contributed by atoms with E-state index < -0.39 is 7.59 Å². The van der Waals surface area contributed by atoms with Gasteiger partial charge in [0.1, 0.15) is 0 Å². The quantitative estimate of drug-likeness (QED) is 0.260. The Morgan fingerprint density at radius 3 is 1.11 bits per heavy atom. The summed E-state index contributed by atoms with van der Waals surface area (Å²) in [6.45, 7) is 0. The number of alkyl halides is 6. The Hall–Kier alpha value is 0.959. The number of rotatable bonds is 0. The Kier molecular flexibility index (Phi) is 8.84. The monoisotopic (exact) mass is 418 g/mol. The van der Waals surface area contributed by atoms with Crippen LogP contribution in [0.25, 0.3) is 0 Å². The molecule has 0 saturated carbocycles. The smallest absolute Gasteiger partial charge is 0.213 e. The minimum atomic E-state index is -1.26. The van der Waals surface area contributed by atoms with Crippen molar-refractivity contribution in [1.82, 2.24) is 0 Å². The molecule has 2 aromatic carbocycles. The molecule has 0 aromatic heterocycles. The fourth-order valence-corrected chi connectivity index (χ4v) is 1.88. The van der Waals surface area contributed by atoms with Crippen molar-refractivity contribution in [2.75, 3.05) is 0 Å². The molecule has 19 heavy (non-hydrogen) atoms. The van der Waals surface area contributed by atoms with Gasteiger partial charge in [-0.05, 0) is 0 Å². The van der Waals surface area contributed by atoms with E-state index in [-0.39, 0.29) is 17.1 Å². The standard InChI is InChI=1S/2C6H4Cl3.Fe/c2*7-6(8,9)5-3-1-2-4-5;/h2*1-4H;/q2*-1;+2. The molecule has 0 spiro atoms. The summed E-state index contributed by atoms with van der Waals surface area (Å²) in [4.78, 5) is 0. The Morgan fingerprint density at radius 1 is 0.684 bits per heavy atom. The topological polar surface area (TPSA) is 0 Å². The fraction of sp³-hybridized carbons (Fsp3) is 0.167. The van der Waals surface area contributed by atoms with Crippen molar-refractivity contribution in [2.24, 2.45) is 0 Å². The van der Waals surface area contributed by atoms with Gasteiger partial charge < -0.3 is 0 Å². The van der Waals surface area contributed by atoms with Crippen LogP contribution in [0, 0.1) is 0 Å². The molecular weight excluding hydrogens is 413 g/mol. The van der Waals surface area contributed by atoms with Gasteiger partial charge in [0.2, 0.25) is 0 Å². The maximum Gasteiger partial charge on any atom is 2.00 e. The van der Waals surface area contributed by atoms with E-state index in [1.54, 1.807) is 24.3 Å². The molecule has 7 heteroatoms. The molecule has 0 heterocycles. The van der Waals surface area contributed by atoms with Gasteiger partial charge in [0.05, 0.1) is 0 Å². The molecule has 0 aliphatic carbocycles. The van der Waals surface area contributed by atoms with E-state index >= 15 is 0 Å². The average molecular weight is 421 g/mol. The summed E-state index contributed by atoms with van der Waals surface area (Å²) in [6.07, 6.45) is 0. The number of halogens is 6. The predicted octanol–water partition coefficient (Wildman–Crippen LogP) is 6.46. The average Bonchev–Trinajstić information content (AvgIpc) is 2.91. The van der Waals surface area contributed by atoms with Crippen molar-refractivity contribution < 1.29 is 17.1 Å². The van der Waals surface area contributed by atoms with Crippen molar-refractivity contribution in [3.63, 3.8) is 0 Å². The predicted molar refractivity (Wildman–Crippen MR) is 82.5 cm³/mol. The van der Waals surface area contributed by atoms with E-state index in [2.05, 4.69) is 0 Å². The van der Waals surface area contributed by atoms with Crippen molar-refractivity contribution in [1.29, 1.82) is 0 Å². The van der Waals surface area contributed by atoms with Crippen molar-refractivity contribution in [3.8, 4) is 0 Å². The maximum atomic E-state index is 5.53. The first-order chi connectivity index (χ1) is 8.21. The summed E-state index contributed by atoms with van der Waals surface area (Å²) >= 11 is 33.2. The van der Waals surface area contributed by atoms with Gasteiger partial charge in [-0.1, -0.05) is 69.6 Å². The molecule has 0 aliphatic heterocycles. The minimum Gasteiger partial charge on any atom is -0.213 e. The first-order valence-corrected chi connectivity index (χ1v) is 7.06. The summed E-state index contributed by atoms with van der Waals surface area (Å²) in [5.74, 6) is 0. The van der Waals surface area contributed by atoms with Crippen molar-refractivity contribution in [2.45, 2.75) is 7.59 Å². The number of hydrogen-bond acceptors (Lipinski definition) is 0. The zero-order valence-electron chi connectivity index (χ0n) is 9.24. The van der Waals surface area contributed by atoms with E-state index in [4.69, 9.17) is 69.6 Å². The second-order valence-electron chi connectivity index (χ2n) is 3.34. The summed E-state index contributed by atoms with van der Waals surface area (Å²) in [7, 11) is 0. The van der Waals surface area contributed by atoms with Crippen molar-refractivity contribution >= 4 is 69.6 Å². The van der Waals surface area contributed by atoms with Crippen LogP contribution in [0.5, 0.6) is 0 Å². The van der Waals surface area contributed by atoms with Crippen LogP contribution in [0.1, 0.15) is 11.1 Å². The third kappa shape index (κ3) is 7.50. The van der Waals surface area contributed by atoms with Crippen LogP contribution in [0.2, 0.25) is 0 Å². The fourth-order valence-electron chi connectivity index (χ4n) is 1.13. The zero-order valence-corrected chi connectivity index (χ0v) is 14.9. The molecule has 0 amide bonds. The molecular formula is C12H8Cl6Fe. The van der Waals surface area contributed by atoms with Crippen LogP contribution in [-0.4, -0.2) is 0 Å². The van der Waals surface area contributed by atoms with E-state index in [1.807, 2.05) is 24.3 Å². The SMILES string of the molecule is ClC(Cl)(Cl)c1ccc[cH-]1.ClC(Cl)(Cl)c1ccc[cH-]1.[Fe+2]. The minimum absolute atomic E-state index is 0. The maximum absolute atomic E-state index is 5.53. The van der Waals surface area contributed by atoms with Crippen LogP contribution < -0.4 is 0 Å². The van der Waals surface area contributed by atoms with E-state index in [0.717, 1.165) is 0 Å². The van der Waals surface area contributed by atoms with Gasteiger partial charge in [-0.25, -0.2) is 24.3 Å². The molecule has 0 nitrogen and oxygen atoms in total. The van der Waals surface area contributed by atoms with Crippen LogP contribution in [0.4, 0.5) is 0 Å². The van der Waals surface area contributed by atoms with E-state index in [9.17, 15) is 0 Å². The Morgan fingerprint density at radius 2 is 1.00 bits per heavy atom. The van der Waals surface area contributed by atoms with Gasteiger partial charge in [-0.3, -0.25) is 0 Å². The molecule has 0 bridgehead atoms. The van der Waals surface area contributed by atoms with Crippen LogP contribution in [0.15, 0.2) is 48.5 Å². The van der Waals surface area contributed by atoms with Crippen LogP contribution >= 0.6 is 69.6 Å². The Balaban J connectivity index is 0.000000324. The van der Waals surface area contributed by atoms with E-state index in [1.165, 1.54) is 0 Å². The van der Waals surface area contributed by atoms with Gasteiger partial charge in [0, 0.05) is 0 Å². The molecule has 0 N–H and O–H groups in total. The third-order valence-electron chi connectivity index (χ3n) is 1.98. The molecule has 0 radical (unpaired) electrons. The Bertz CT molecular complexity index is 391. The van der Waals surface area contributed by atoms with Crippen molar-refractivity contribution in [3.05, 3.63) is 59.7 Å². The third-order valence-corrected chi connectivity index (χ3v) is 3.29. The van der Waals surface area contributed by atoms with Crippen LogP contribution in [-0.2, 0) is 24.7 Å². The molecule has 2 aromatic rings. The summed E-state index contributed by atoms with van der Waals surface area (Å²) < 4.78 is -2.52. The second kappa shape index (κ2) is 8.41. The van der Waals surface area contributed by atoms with Gasteiger partial charge >= 0.3 is 17.1 Å². The normalized spacial score (nSPS) is 11.3. The summed E-state index contributed by atoms with van der Waals surface area (Å²) in [6, 6.07) is 14.4. The second-order valence-corrected chi connectivity index (χ2v) is 7.91. The van der Waals surface area contributed by atoms with Gasteiger partial charge in [0.25, 0.3) is 0 Å². The molecule has 0 atom stereocenters.